The van der Waals surface area contributed by atoms with Crippen LogP contribution in [0.4, 0.5) is 5.69 Å². The van der Waals surface area contributed by atoms with Crippen LogP contribution >= 0.6 is 0 Å². The zero-order chi connectivity index (χ0) is 25.5. The lowest BCUT2D eigenvalue weighted by Gasteiger charge is -2.37. The van der Waals surface area contributed by atoms with E-state index in [4.69, 9.17) is 4.74 Å². The third-order valence-electron chi connectivity index (χ3n) is 8.24. The number of piperazine rings is 1. The average Bonchev–Trinajstić information content (AvgIpc) is 2.88. The van der Waals surface area contributed by atoms with Crippen molar-refractivity contribution in [1.29, 1.82) is 0 Å². The Morgan fingerprint density at radius 2 is 1.56 bits per heavy atom. The normalized spacial score (nSPS) is 22.1. The van der Waals surface area contributed by atoms with Crippen LogP contribution in [0.15, 0.2) is 18.2 Å². The first-order valence-corrected chi connectivity index (χ1v) is 14.2. The van der Waals surface area contributed by atoms with Gasteiger partial charge in [-0.3, -0.25) is 19.4 Å². The first-order chi connectivity index (χ1) is 17.4. The fourth-order valence-electron chi connectivity index (χ4n) is 5.95. The molecule has 0 N–H and O–H groups in total. The molecule has 0 aliphatic carbocycles. The number of amides is 2. The Balaban J connectivity index is 1.62. The van der Waals surface area contributed by atoms with Crippen molar-refractivity contribution < 1.29 is 14.3 Å². The first-order valence-electron chi connectivity index (χ1n) is 14.2. The largest absolute Gasteiger partial charge is 0.381 e. The highest BCUT2D eigenvalue weighted by atomic mass is 16.5. The maximum Gasteiger partial charge on any atom is 0.253 e. The van der Waals surface area contributed by atoms with Gasteiger partial charge in [0.05, 0.1) is 0 Å². The highest BCUT2D eigenvalue weighted by Crippen LogP contribution is 2.29. The summed E-state index contributed by atoms with van der Waals surface area (Å²) in [5, 5.41) is 0. The summed E-state index contributed by atoms with van der Waals surface area (Å²) in [7, 11) is 0. The number of carbonyl (C=O) groups is 2. The van der Waals surface area contributed by atoms with E-state index in [0.29, 0.717) is 12.1 Å². The molecule has 3 aliphatic heterocycles. The van der Waals surface area contributed by atoms with Gasteiger partial charge in [0.1, 0.15) is 0 Å². The van der Waals surface area contributed by atoms with Crippen LogP contribution in [0.5, 0.6) is 0 Å². The van der Waals surface area contributed by atoms with Crippen molar-refractivity contribution in [3.05, 3.63) is 29.3 Å². The molecule has 0 aromatic heterocycles. The van der Waals surface area contributed by atoms with Gasteiger partial charge in [-0.25, -0.2) is 0 Å². The molecule has 3 heterocycles. The van der Waals surface area contributed by atoms with E-state index >= 15 is 0 Å². The summed E-state index contributed by atoms with van der Waals surface area (Å²) in [4.78, 5) is 35.2. The molecule has 0 saturated carbocycles. The lowest BCUT2D eigenvalue weighted by atomic mass is 10.0. The zero-order valence-electron chi connectivity index (χ0n) is 22.7. The summed E-state index contributed by atoms with van der Waals surface area (Å²) in [5.74, 6) is 0.189. The van der Waals surface area contributed by atoms with E-state index in [9.17, 15) is 9.59 Å². The molecular formula is C29H46N4O3. The van der Waals surface area contributed by atoms with Gasteiger partial charge in [-0.2, -0.15) is 0 Å². The minimum atomic E-state index is 0.0785. The van der Waals surface area contributed by atoms with Gasteiger partial charge in [0.25, 0.3) is 5.91 Å². The summed E-state index contributed by atoms with van der Waals surface area (Å²) < 4.78 is 5.65. The lowest BCUT2D eigenvalue weighted by Crippen LogP contribution is -2.50. The average molecular weight is 499 g/mol. The molecule has 0 bridgehead atoms. The quantitative estimate of drug-likeness (QED) is 0.627. The molecule has 2 amide bonds. The van der Waals surface area contributed by atoms with Crippen molar-refractivity contribution in [2.24, 2.45) is 0 Å². The molecule has 7 nitrogen and oxygen atoms in total. The molecule has 0 radical (unpaired) electrons. The number of ether oxygens (including phenoxy) is 1. The van der Waals surface area contributed by atoms with Gasteiger partial charge in [-0.05, 0) is 69.8 Å². The Kier molecular flexibility index (Phi) is 9.80. The van der Waals surface area contributed by atoms with Crippen LogP contribution in [-0.2, 0) is 16.1 Å². The Labute approximate surface area is 217 Å². The van der Waals surface area contributed by atoms with Crippen LogP contribution in [0.25, 0.3) is 0 Å². The van der Waals surface area contributed by atoms with Gasteiger partial charge in [-0.1, -0.05) is 19.3 Å². The fourth-order valence-corrected chi connectivity index (χ4v) is 5.95. The maximum atomic E-state index is 13.5. The van der Waals surface area contributed by atoms with E-state index in [0.717, 1.165) is 102 Å². The third kappa shape index (κ3) is 6.87. The van der Waals surface area contributed by atoms with E-state index in [-0.39, 0.29) is 11.8 Å². The molecule has 2 saturated heterocycles. The second-order valence-corrected chi connectivity index (χ2v) is 11.0. The molecule has 0 atom stereocenters. The van der Waals surface area contributed by atoms with Crippen LogP contribution in [0.2, 0.25) is 0 Å². The molecule has 1 aromatic rings. The Bertz CT molecular complexity index is 875. The molecule has 200 valence electrons. The fraction of sp³-hybridized carbons (Fsp3) is 0.724. The summed E-state index contributed by atoms with van der Waals surface area (Å²) in [6.45, 7) is 13.7. The highest BCUT2D eigenvalue weighted by molar-refractivity contribution is 5.97. The number of anilines is 1. The molecule has 4 rings (SSSR count). The van der Waals surface area contributed by atoms with Crippen LogP contribution < -0.4 is 4.90 Å². The van der Waals surface area contributed by atoms with Crippen molar-refractivity contribution >= 4 is 17.5 Å². The smallest absolute Gasteiger partial charge is 0.253 e. The first kappa shape index (κ1) is 27.1. The van der Waals surface area contributed by atoms with E-state index in [1.165, 1.54) is 19.3 Å². The molecule has 0 unspecified atom stereocenters. The number of carbonyl (C=O) groups excluding carboxylic acids is 2. The predicted octanol–water partition coefficient (Wildman–Crippen LogP) is 4.15. The number of rotatable bonds is 3. The van der Waals surface area contributed by atoms with Gasteiger partial charge in [0.2, 0.25) is 5.91 Å². The van der Waals surface area contributed by atoms with Crippen molar-refractivity contribution in [3.63, 3.8) is 0 Å². The maximum absolute atomic E-state index is 13.5. The van der Waals surface area contributed by atoms with E-state index in [2.05, 4.69) is 29.7 Å². The van der Waals surface area contributed by atoms with Gasteiger partial charge in [0.15, 0.2) is 0 Å². The monoisotopic (exact) mass is 498 g/mol. The van der Waals surface area contributed by atoms with Crippen LogP contribution in [0.1, 0.15) is 81.6 Å². The summed E-state index contributed by atoms with van der Waals surface area (Å²) >= 11 is 0. The number of hydrogen-bond acceptors (Lipinski definition) is 5. The third-order valence-corrected chi connectivity index (χ3v) is 8.24. The second-order valence-electron chi connectivity index (χ2n) is 11.0. The van der Waals surface area contributed by atoms with E-state index in [1.807, 2.05) is 21.9 Å². The van der Waals surface area contributed by atoms with Gasteiger partial charge < -0.3 is 14.5 Å². The topological polar surface area (TPSA) is 56.3 Å². The molecular weight excluding hydrogens is 452 g/mol. The summed E-state index contributed by atoms with van der Waals surface area (Å²) in [5.41, 5.74) is 2.82. The van der Waals surface area contributed by atoms with Crippen molar-refractivity contribution in [2.75, 3.05) is 57.4 Å². The van der Waals surface area contributed by atoms with Gasteiger partial charge >= 0.3 is 0 Å². The zero-order valence-corrected chi connectivity index (χ0v) is 22.7. The van der Waals surface area contributed by atoms with Crippen LogP contribution in [0, 0.1) is 0 Å². The molecule has 0 spiro atoms. The number of benzene rings is 1. The van der Waals surface area contributed by atoms with E-state index in [1.54, 1.807) is 6.92 Å². The van der Waals surface area contributed by atoms with Crippen LogP contribution in [0.3, 0.4) is 0 Å². The van der Waals surface area contributed by atoms with Crippen molar-refractivity contribution in [1.82, 2.24) is 14.7 Å². The van der Waals surface area contributed by atoms with Gasteiger partial charge in [0, 0.05) is 82.7 Å². The Morgan fingerprint density at radius 1 is 0.889 bits per heavy atom. The number of nitrogens with zero attached hydrogens (tertiary/aromatic N) is 4. The summed E-state index contributed by atoms with van der Waals surface area (Å²) in [6, 6.07) is 7.05. The number of hydrogen-bond donors (Lipinski definition) is 0. The highest BCUT2D eigenvalue weighted by Gasteiger charge is 2.27. The Hall–Kier alpha value is -1.96. The predicted molar refractivity (Wildman–Crippen MR) is 144 cm³/mol. The minimum Gasteiger partial charge on any atom is -0.381 e. The van der Waals surface area contributed by atoms with E-state index < -0.39 is 0 Å². The Morgan fingerprint density at radius 3 is 2.22 bits per heavy atom. The van der Waals surface area contributed by atoms with Crippen molar-refractivity contribution in [3.8, 4) is 0 Å². The van der Waals surface area contributed by atoms with Crippen LogP contribution in [-0.4, -0.2) is 91.1 Å². The SMILES string of the molecule is CC(=O)N1CCCCCCCN(C2CCOCC2)Cc2cc(C(=O)N3CCN(C(C)C)CC3)ccc21. The lowest BCUT2D eigenvalue weighted by molar-refractivity contribution is -0.116. The summed E-state index contributed by atoms with van der Waals surface area (Å²) in [6.07, 6.45) is 7.90. The standard InChI is InChI=1S/C29H46N4O3/c1-23(2)30-15-17-31(18-16-30)29(35)25-9-10-28-26(21-25)22-32(27-11-19-36-20-12-27)13-7-5-4-6-8-14-33(28)24(3)34/h9-10,21,23,27H,4-8,11-20,22H2,1-3H3. The van der Waals surface area contributed by atoms with Gasteiger partial charge in [-0.15, -0.1) is 0 Å². The van der Waals surface area contributed by atoms with Crippen molar-refractivity contribution in [2.45, 2.75) is 84.3 Å². The molecule has 36 heavy (non-hydrogen) atoms. The molecule has 1 aromatic carbocycles. The molecule has 2 fully saturated rings. The second kappa shape index (κ2) is 13.0. The number of fused-ring (bicyclic) bond motifs is 1. The molecule has 3 aliphatic rings. The molecule has 7 heteroatoms. The minimum absolute atomic E-state index is 0.0785.